The zero-order valence-corrected chi connectivity index (χ0v) is 11.4. The number of anilines is 1. The van der Waals surface area contributed by atoms with E-state index >= 15 is 0 Å². The minimum absolute atomic E-state index is 0.196. The summed E-state index contributed by atoms with van der Waals surface area (Å²) in [6.07, 6.45) is 3.58. The standard InChI is InChI=1S/C14H17FN4O/c1-9-7-17-19(8-9)13-4-3-11(6-12(13)15)18-14(20)5-10(2)16/h3-4,6-8,10H,5,16H2,1-2H3,(H,18,20). The van der Waals surface area contributed by atoms with Crippen LogP contribution in [0.2, 0.25) is 0 Å². The molecule has 0 bridgehead atoms. The fourth-order valence-corrected chi connectivity index (χ4v) is 1.82. The third-order valence-corrected chi connectivity index (χ3v) is 2.70. The summed E-state index contributed by atoms with van der Waals surface area (Å²) >= 11 is 0. The smallest absolute Gasteiger partial charge is 0.225 e. The number of aryl methyl sites for hydroxylation is 1. The first kappa shape index (κ1) is 14.2. The molecule has 6 heteroatoms. The molecule has 1 atom stereocenters. The Labute approximate surface area is 116 Å². The highest BCUT2D eigenvalue weighted by atomic mass is 19.1. The minimum atomic E-state index is -0.452. The van der Waals surface area contributed by atoms with Gasteiger partial charge in [0.25, 0.3) is 0 Å². The summed E-state index contributed by atoms with van der Waals surface area (Å²) in [5.41, 5.74) is 7.22. The normalized spacial score (nSPS) is 12.2. The molecule has 0 radical (unpaired) electrons. The second-order valence-corrected chi connectivity index (χ2v) is 4.86. The zero-order valence-electron chi connectivity index (χ0n) is 11.4. The van der Waals surface area contributed by atoms with Gasteiger partial charge in [-0.1, -0.05) is 0 Å². The van der Waals surface area contributed by atoms with Gasteiger partial charge in [-0.2, -0.15) is 5.10 Å². The third-order valence-electron chi connectivity index (χ3n) is 2.70. The van der Waals surface area contributed by atoms with Crippen molar-refractivity contribution in [2.24, 2.45) is 5.73 Å². The topological polar surface area (TPSA) is 72.9 Å². The lowest BCUT2D eigenvalue weighted by molar-refractivity contribution is -0.116. The highest BCUT2D eigenvalue weighted by Gasteiger charge is 2.09. The van der Waals surface area contributed by atoms with Crippen LogP contribution in [-0.4, -0.2) is 21.7 Å². The minimum Gasteiger partial charge on any atom is -0.327 e. The van der Waals surface area contributed by atoms with Gasteiger partial charge in [-0.05, 0) is 37.6 Å². The Morgan fingerprint density at radius 2 is 2.30 bits per heavy atom. The lowest BCUT2D eigenvalue weighted by atomic mass is 10.2. The lowest BCUT2D eigenvalue weighted by Crippen LogP contribution is -2.24. The molecule has 2 rings (SSSR count). The van der Waals surface area contributed by atoms with E-state index in [-0.39, 0.29) is 18.4 Å². The molecule has 0 aliphatic carbocycles. The number of amides is 1. The molecule has 1 unspecified atom stereocenters. The van der Waals surface area contributed by atoms with Crippen molar-refractivity contribution in [2.45, 2.75) is 26.3 Å². The van der Waals surface area contributed by atoms with Crippen molar-refractivity contribution in [3.63, 3.8) is 0 Å². The number of carbonyl (C=O) groups is 1. The van der Waals surface area contributed by atoms with E-state index in [0.29, 0.717) is 11.4 Å². The van der Waals surface area contributed by atoms with Crippen molar-refractivity contribution < 1.29 is 9.18 Å². The van der Waals surface area contributed by atoms with E-state index < -0.39 is 5.82 Å². The first-order chi connectivity index (χ1) is 9.45. The molecule has 1 aromatic heterocycles. The Kier molecular flexibility index (Phi) is 4.14. The van der Waals surface area contributed by atoms with E-state index in [4.69, 9.17) is 5.73 Å². The second-order valence-electron chi connectivity index (χ2n) is 4.86. The first-order valence-electron chi connectivity index (χ1n) is 6.32. The van der Waals surface area contributed by atoms with E-state index in [1.165, 1.54) is 10.7 Å². The van der Waals surface area contributed by atoms with Gasteiger partial charge in [-0.25, -0.2) is 9.07 Å². The zero-order chi connectivity index (χ0) is 14.7. The van der Waals surface area contributed by atoms with Crippen molar-refractivity contribution in [1.82, 2.24) is 9.78 Å². The summed E-state index contributed by atoms with van der Waals surface area (Å²) < 4.78 is 15.5. The molecule has 106 valence electrons. The Hall–Kier alpha value is -2.21. The number of hydrogen-bond acceptors (Lipinski definition) is 3. The Morgan fingerprint density at radius 3 is 2.85 bits per heavy atom. The highest BCUT2D eigenvalue weighted by molar-refractivity contribution is 5.91. The number of nitrogens with two attached hydrogens (primary N) is 1. The number of aromatic nitrogens is 2. The van der Waals surface area contributed by atoms with E-state index in [1.54, 1.807) is 31.5 Å². The third kappa shape index (κ3) is 3.42. The Morgan fingerprint density at radius 1 is 1.55 bits per heavy atom. The average Bonchev–Trinajstić information content (AvgIpc) is 2.74. The number of carbonyl (C=O) groups excluding carboxylic acids is 1. The summed E-state index contributed by atoms with van der Waals surface area (Å²) in [6, 6.07) is 4.25. The number of nitrogens with zero attached hydrogens (tertiary/aromatic N) is 2. The quantitative estimate of drug-likeness (QED) is 0.897. The second kappa shape index (κ2) is 5.83. The SMILES string of the molecule is Cc1cnn(-c2ccc(NC(=O)CC(C)N)cc2F)c1. The van der Waals surface area contributed by atoms with Crippen LogP contribution in [0.15, 0.2) is 30.6 Å². The van der Waals surface area contributed by atoms with Gasteiger partial charge < -0.3 is 11.1 Å². The molecule has 0 aliphatic rings. The first-order valence-corrected chi connectivity index (χ1v) is 6.32. The molecule has 3 N–H and O–H groups in total. The molecule has 0 fully saturated rings. The number of nitrogens with one attached hydrogen (secondary N) is 1. The van der Waals surface area contributed by atoms with Gasteiger partial charge in [0.2, 0.25) is 5.91 Å². The maximum absolute atomic E-state index is 14.0. The van der Waals surface area contributed by atoms with Gasteiger partial charge in [0.05, 0.1) is 6.20 Å². The summed E-state index contributed by atoms with van der Waals surface area (Å²) in [5, 5.41) is 6.66. The van der Waals surface area contributed by atoms with Gasteiger partial charge in [0.1, 0.15) is 5.69 Å². The monoisotopic (exact) mass is 276 g/mol. The van der Waals surface area contributed by atoms with Crippen molar-refractivity contribution in [3.05, 3.63) is 42.0 Å². The van der Waals surface area contributed by atoms with Gasteiger partial charge in [-0.3, -0.25) is 4.79 Å². The van der Waals surface area contributed by atoms with Crippen LogP contribution in [0.3, 0.4) is 0 Å². The molecule has 0 spiro atoms. The van der Waals surface area contributed by atoms with Crippen LogP contribution in [0.5, 0.6) is 0 Å². The van der Waals surface area contributed by atoms with Crippen molar-refractivity contribution >= 4 is 11.6 Å². The molecule has 5 nitrogen and oxygen atoms in total. The van der Waals surface area contributed by atoms with Gasteiger partial charge >= 0.3 is 0 Å². The molecule has 0 saturated carbocycles. The fourth-order valence-electron chi connectivity index (χ4n) is 1.82. The molecule has 1 heterocycles. The fraction of sp³-hybridized carbons (Fsp3) is 0.286. The van der Waals surface area contributed by atoms with Crippen LogP contribution in [0, 0.1) is 12.7 Å². The number of hydrogen-bond donors (Lipinski definition) is 2. The molecule has 1 aromatic carbocycles. The number of benzene rings is 1. The summed E-state index contributed by atoms with van der Waals surface area (Å²) in [4.78, 5) is 11.6. The van der Waals surface area contributed by atoms with Gasteiger partial charge in [0.15, 0.2) is 5.82 Å². The van der Waals surface area contributed by atoms with E-state index in [2.05, 4.69) is 10.4 Å². The molecule has 20 heavy (non-hydrogen) atoms. The van der Waals surface area contributed by atoms with E-state index in [0.717, 1.165) is 5.56 Å². The summed E-state index contributed by atoms with van der Waals surface area (Å²) in [5.74, 6) is -0.686. The maximum atomic E-state index is 14.0. The Balaban J connectivity index is 2.16. The predicted molar refractivity (Wildman–Crippen MR) is 75.2 cm³/mol. The number of halogens is 1. The van der Waals surface area contributed by atoms with E-state index in [9.17, 15) is 9.18 Å². The van der Waals surface area contributed by atoms with Crippen LogP contribution in [0.4, 0.5) is 10.1 Å². The number of rotatable bonds is 4. The van der Waals surface area contributed by atoms with Crippen LogP contribution in [0.25, 0.3) is 5.69 Å². The lowest BCUT2D eigenvalue weighted by Gasteiger charge is -2.09. The van der Waals surface area contributed by atoms with E-state index in [1.807, 2.05) is 6.92 Å². The van der Waals surface area contributed by atoms with Crippen LogP contribution >= 0.6 is 0 Å². The van der Waals surface area contributed by atoms with Gasteiger partial charge in [-0.15, -0.1) is 0 Å². The largest absolute Gasteiger partial charge is 0.327 e. The average molecular weight is 276 g/mol. The van der Waals surface area contributed by atoms with Gasteiger partial charge in [0, 0.05) is 24.3 Å². The van der Waals surface area contributed by atoms with Crippen LogP contribution in [0.1, 0.15) is 18.9 Å². The molecule has 1 amide bonds. The van der Waals surface area contributed by atoms with Crippen molar-refractivity contribution in [1.29, 1.82) is 0 Å². The van der Waals surface area contributed by atoms with Crippen LogP contribution in [-0.2, 0) is 4.79 Å². The molecular weight excluding hydrogens is 259 g/mol. The predicted octanol–water partition coefficient (Wildman–Crippen LogP) is 2.00. The highest BCUT2D eigenvalue weighted by Crippen LogP contribution is 2.18. The molecular formula is C14H17FN4O. The Bertz CT molecular complexity index is 621. The van der Waals surface area contributed by atoms with Crippen LogP contribution < -0.4 is 11.1 Å². The molecule has 0 saturated heterocycles. The summed E-state index contributed by atoms with van der Waals surface area (Å²) in [7, 11) is 0. The van der Waals surface area contributed by atoms with Crippen molar-refractivity contribution in [2.75, 3.05) is 5.32 Å². The van der Waals surface area contributed by atoms with Crippen molar-refractivity contribution in [3.8, 4) is 5.69 Å². The maximum Gasteiger partial charge on any atom is 0.225 e. The summed E-state index contributed by atoms with van der Waals surface area (Å²) in [6.45, 7) is 3.62. The molecule has 0 aliphatic heterocycles. The molecule has 2 aromatic rings.